The van der Waals surface area contributed by atoms with E-state index in [-0.39, 0.29) is 28.8 Å². The number of halogens is 1. The molecular weight excluding hydrogens is 392 g/mol. The van der Waals surface area contributed by atoms with Crippen LogP contribution in [0.2, 0.25) is 5.02 Å². The van der Waals surface area contributed by atoms with E-state index < -0.39 is 10.0 Å². The molecule has 140 valence electrons. The van der Waals surface area contributed by atoms with Gasteiger partial charge in [-0.25, -0.2) is 13.1 Å². The van der Waals surface area contributed by atoms with Gasteiger partial charge >= 0.3 is 0 Å². The summed E-state index contributed by atoms with van der Waals surface area (Å²) in [6.45, 7) is 0.591. The largest absolute Gasteiger partial charge is 0.356 e. The minimum absolute atomic E-state index is 0.0139. The van der Waals surface area contributed by atoms with Crippen molar-refractivity contribution in [2.45, 2.75) is 22.6 Å². The number of carbonyl (C=O) groups is 1. The lowest BCUT2D eigenvalue weighted by Crippen LogP contribution is -2.31. The minimum Gasteiger partial charge on any atom is -0.356 e. The summed E-state index contributed by atoms with van der Waals surface area (Å²) in [5.41, 5.74) is 0. The van der Waals surface area contributed by atoms with Crippen LogP contribution in [0.1, 0.15) is 12.8 Å². The molecule has 0 aliphatic heterocycles. The van der Waals surface area contributed by atoms with Gasteiger partial charge in [0.1, 0.15) is 4.90 Å². The second kappa shape index (κ2) is 10.6. The third kappa shape index (κ3) is 6.99. The van der Waals surface area contributed by atoms with Gasteiger partial charge in [0.2, 0.25) is 15.9 Å². The summed E-state index contributed by atoms with van der Waals surface area (Å²) in [6.07, 6.45) is 0.923. The van der Waals surface area contributed by atoms with Gasteiger partial charge in [0.05, 0.1) is 5.02 Å². The Hall–Kier alpha value is -1.54. The fourth-order valence-corrected chi connectivity index (χ4v) is 4.56. The molecule has 8 heteroatoms. The van der Waals surface area contributed by atoms with E-state index in [1.165, 1.54) is 17.0 Å². The van der Waals surface area contributed by atoms with Gasteiger partial charge in [-0.15, -0.1) is 11.8 Å². The number of nitrogens with one attached hydrogen (secondary N) is 2. The first-order valence-corrected chi connectivity index (χ1v) is 11.0. The second-order valence-corrected chi connectivity index (χ2v) is 8.75. The van der Waals surface area contributed by atoms with E-state index in [2.05, 4.69) is 10.0 Å². The van der Waals surface area contributed by atoms with E-state index in [1.54, 1.807) is 23.9 Å². The van der Waals surface area contributed by atoms with Crippen LogP contribution in [-0.2, 0) is 14.8 Å². The van der Waals surface area contributed by atoms with Gasteiger partial charge in [-0.1, -0.05) is 41.9 Å². The van der Waals surface area contributed by atoms with E-state index in [0.29, 0.717) is 6.54 Å². The third-order valence-electron chi connectivity index (χ3n) is 3.43. The van der Waals surface area contributed by atoms with Crippen molar-refractivity contribution in [1.82, 2.24) is 10.0 Å². The zero-order chi connectivity index (χ0) is 18.8. The monoisotopic (exact) mass is 412 g/mol. The van der Waals surface area contributed by atoms with E-state index in [0.717, 1.165) is 12.2 Å². The normalized spacial score (nSPS) is 11.3. The Morgan fingerprint density at radius 2 is 1.69 bits per heavy atom. The fourth-order valence-electron chi connectivity index (χ4n) is 2.13. The van der Waals surface area contributed by atoms with Crippen LogP contribution in [0.5, 0.6) is 0 Å². The molecule has 0 atom stereocenters. The molecule has 0 aliphatic rings. The number of thioether (sulfide) groups is 1. The Morgan fingerprint density at radius 1 is 1.00 bits per heavy atom. The molecule has 2 aromatic rings. The maximum absolute atomic E-state index is 12.1. The molecule has 0 aromatic heterocycles. The number of sulfonamides is 1. The summed E-state index contributed by atoms with van der Waals surface area (Å²) in [4.78, 5) is 13.0. The van der Waals surface area contributed by atoms with Crippen molar-refractivity contribution in [3.63, 3.8) is 0 Å². The minimum atomic E-state index is -3.71. The topological polar surface area (TPSA) is 75.3 Å². The number of hydrogen-bond donors (Lipinski definition) is 2. The standard InChI is InChI=1S/C18H21ClN2O3S2/c19-16-9-4-5-10-17(16)26(23,24)21-13-11-18(22)20-12-6-14-25-15-7-2-1-3-8-15/h1-5,7-10,21H,6,11-14H2,(H,20,22). The molecule has 0 bridgehead atoms. The molecule has 2 N–H and O–H groups in total. The molecule has 5 nitrogen and oxygen atoms in total. The highest BCUT2D eigenvalue weighted by molar-refractivity contribution is 7.99. The summed E-state index contributed by atoms with van der Waals surface area (Å²) in [5, 5.41) is 2.95. The van der Waals surface area contributed by atoms with Gasteiger partial charge in [-0.05, 0) is 36.4 Å². The first-order valence-electron chi connectivity index (χ1n) is 8.18. The van der Waals surface area contributed by atoms with Crippen molar-refractivity contribution in [2.75, 3.05) is 18.8 Å². The average molecular weight is 413 g/mol. The van der Waals surface area contributed by atoms with E-state index in [9.17, 15) is 13.2 Å². The zero-order valence-electron chi connectivity index (χ0n) is 14.2. The number of amides is 1. The molecule has 0 saturated heterocycles. The quantitative estimate of drug-likeness (QED) is 0.463. The molecule has 0 heterocycles. The predicted molar refractivity (Wildman–Crippen MR) is 106 cm³/mol. The summed E-state index contributed by atoms with van der Waals surface area (Å²) >= 11 is 7.63. The van der Waals surface area contributed by atoms with Gasteiger partial charge in [-0.3, -0.25) is 4.79 Å². The predicted octanol–water partition coefficient (Wildman–Crippen LogP) is 3.31. The smallest absolute Gasteiger partial charge is 0.242 e. The number of carbonyl (C=O) groups excluding carboxylic acids is 1. The van der Waals surface area contributed by atoms with Crippen molar-refractivity contribution in [1.29, 1.82) is 0 Å². The molecule has 2 rings (SSSR count). The van der Waals surface area contributed by atoms with Gasteiger partial charge < -0.3 is 5.32 Å². The SMILES string of the molecule is O=C(CCNS(=O)(=O)c1ccccc1Cl)NCCCSc1ccccc1. The zero-order valence-corrected chi connectivity index (χ0v) is 16.5. The lowest BCUT2D eigenvalue weighted by atomic mass is 10.4. The van der Waals surface area contributed by atoms with Crippen LogP contribution in [0, 0.1) is 0 Å². The molecular formula is C18H21ClN2O3S2. The third-order valence-corrected chi connectivity index (χ3v) is 6.48. The van der Waals surface area contributed by atoms with Crippen LogP contribution in [0.15, 0.2) is 64.4 Å². The Bertz CT molecular complexity index is 814. The van der Waals surface area contributed by atoms with Crippen LogP contribution in [0.3, 0.4) is 0 Å². The Balaban J connectivity index is 1.62. The molecule has 2 aromatic carbocycles. The average Bonchev–Trinajstić information content (AvgIpc) is 2.62. The molecule has 0 spiro atoms. The Labute approximate surface area is 163 Å². The molecule has 0 fully saturated rings. The van der Waals surface area contributed by atoms with Crippen molar-refractivity contribution < 1.29 is 13.2 Å². The van der Waals surface area contributed by atoms with Crippen LogP contribution >= 0.6 is 23.4 Å². The van der Waals surface area contributed by atoms with Crippen molar-refractivity contribution in [3.8, 4) is 0 Å². The van der Waals surface area contributed by atoms with Gasteiger partial charge in [-0.2, -0.15) is 0 Å². The highest BCUT2D eigenvalue weighted by Crippen LogP contribution is 2.20. The molecule has 0 aliphatic carbocycles. The van der Waals surface area contributed by atoms with Crippen LogP contribution in [0.25, 0.3) is 0 Å². The fraction of sp³-hybridized carbons (Fsp3) is 0.278. The molecule has 0 radical (unpaired) electrons. The lowest BCUT2D eigenvalue weighted by Gasteiger charge is -2.08. The van der Waals surface area contributed by atoms with Gasteiger partial charge in [0, 0.05) is 24.4 Å². The van der Waals surface area contributed by atoms with Gasteiger partial charge in [0.15, 0.2) is 0 Å². The van der Waals surface area contributed by atoms with Crippen molar-refractivity contribution in [3.05, 3.63) is 59.6 Å². The van der Waals surface area contributed by atoms with E-state index in [1.807, 2.05) is 30.3 Å². The lowest BCUT2D eigenvalue weighted by molar-refractivity contribution is -0.120. The molecule has 1 amide bonds. The molecule has 0 saturated carbocycles. The molecule has 0 unspecified atom stereocenters. The first-order chi connectivity index (χ1) is 12.5. The number of benzene rings is 2. The first kappa shape index (κ1) is 20.8. The number of rotatable bonds is 10. The van der Waals surface area contributed by atoms with E-state index >= 15 is 0 Å². The Kier molecular flexibility index (Phi) is 8.44. The van der Waals surface area contributed by atoms with Crippen LogP contribution < -0.4 is 10.0 Å². The van der Waals surface area contributed by atoms with Gasteiger partial charge in [0.25, 0.3) is 0 Å². The maximum Gasteiger partial charge on any atom is 0.242 e. The summed E-state index contributed by atoms with van der Waals surface area (Å²) in [6, 6.07) is 16.3. The van der Waals surface area contributed by atoms with E-state index in [4.69, 9.17) is 11.6 Å². The van der Waals surface area contributed by atoms with Crippen LogP contribution in [0.4, 0.5) is 0 Å². The van der Waals surface area contributed by atoms with Crippen molar-refractivity contribution >= 4 is 39.3 Å². The van der Waals surface area contributed by atoms with Crippen molar-refractivity contribution in [2.24, 2.45) is 0 Å². The Morgan fingerprint density at radius 3 is 2.42 bits per heavy atom. The summed E-state index contributed by atoms with van der Waals surface area (Å²) in [7, 11) is -3.71. The van der Waals surface area contributed by atoms with Crippen LogP contribution in [-0.4, -0.2) is 33.2 Å². The summed E-state index contributed by atoms with van der Waals surface area (Å²) in [5.74, 6) is 0.722. The second-order valence-electron chi connectivity index (χ2n) is 5.44. The maximum atomic E-state index is 12.1. The molecule has 26 heavy (non-hydrogen) atoms. The number of hydrogen-bond acceptors (Lipinski definition) is 4. The summed E-state index contributed by atoms with van der Waals surface area (Å²) < 4.78 is 26.7. The highest BCUT2D eigenvalue weighted by atomic mass is 35.5. The highest BCUT2D eigenvalue weighted by Gasteiger charge is 2.17.